The van der Waals surface area contributed by atoms with E-state index in [2.05, 4.69) is 20.8 Å². The molecule has 0 radical (unpaired) electrons. The molecule has 0 saturated heterocycles. The van der Waals surface area contributed by atoms with Crippen LogP contribution in [0.5, 0.6) is 0 Å². The molecular weight excluding hydrogens is 344 g/mol. The minimum absolute atomic E-state index is 0.126. The van der Waals surface area contributed by atoms with Gasteiger partial charge in [0.25, 0.3) is 0 Å². The van der Waals surface area contributed by atoms with Crippen molar-refractivity contribution in [2.24, 2.45) is 23.7 Å². The molecule has 2 saturated carbocycles. The highest BCUT2D eigenvalue weighted by molar-refractivity contribution is 5.72. The van der Waals surface area contributed by atoms with Crippen molar-refractivity contribution in [1.82, 2.24) is 0 Å². The minimum Gasteiger partial charge on any atom is -0.462 e. The predicted molar refractivity (Wildman–Crippen MR) is 119 cm³/mol. The van der Waals surface area contributed by atoms with E-state index in [0.717, 1.165) is 43.4 Å². The van der Waals surface area contributed by atoms with Crippen LogP contribution in [0.1, 0.15) is 130 Å². The van der Waals surface area contributed by atoms with E-state index in [0.29, 0.717) is 0 Å². The monoisotopic (exact) mass is 392 g/mol. The molecule has 1 unspecified atom stereocenters. The molecule has 0 amide bonds. The van der Waals surface area contributed by atoms with Crippen LogP contribution in [0.2, 0.25) is 0 Å². The van der Waals surface area contributed by atoms with Gasteiger partial charge in [0.15, 0.2) is 0 Å². The third-order valence-corrected chi connectivity index (χ3v) is 7.72. The Morgan fingerprint density at radius 2 is 1.43 bits per heavy atom. The maximum absolute atomic E-state index is 12.6. The van der Waals surface area contributed by atoms with Crippen molar-refractivity contribution in [3.63, 3.8) is 0 Å². The van der Waals surface area contributed by atoms with Crippen molar-refractivity contribution >= 4 is 5.97 Å². The molecule has 2 aliphatic rings. The van der Waals surface area contributed by atoms with Crippen LogP contribution in [-0.4, -0.2) is 12.1 Å². The standard InChI is InChI=1S/C26H48O2/c1-4-7-10-22(9-5-2)11-8-12-23-13-17-24(18-14-23)26(27)28-25-19-15-21(6-3)16-20-25/h21-25H,4-20H2,1-3H3. The van der Waals surface area contributed by atoms with Gasteiger partial charge in [0.1, 0.15) is 6.10 Å². The second-order valence-electron chi connectivity index (χ2n) is 9.93. The molecule has 2 nitrogen and oxygen atoms in total. The van der Waals surface area contributed by atoms with Crippen LogP contribution >= 0.6 is 0 Å². The number of unbranched alkanes of at least 4 members (excludes halogenated alkanes) is 1. The summed E-state index contributed by atoms with van der Waals surface area (Å²) in [6, 6.07) is 0. The van der Waals surface area contributed by atoms with Crippen LogP contribution in [0.15, 0.2) is 0 Å². The van der Waals surface area contributed by atoms with Crippen LogP contribution in [0.25, 0.3) is 0 Å². The van der Waals surface area contributed by atoms with Crippen molar-refractivity contribution in [1.29, 1.82) is 0 Å². The summed E-state index contributed by atoms with van der Waals surface area (Å²) < 4.78 is 5.90. The fraction of sp³-hybridized carbons (Fsp3) is 0.962. The van der Waals surface area contributed by atoms with E-state index in [9.17, 15) is 4.79 Å². The first kappa shape index (κ1) is 23.7. The Hall–Kier alpha value is -0.530. The molecule has 0 aliphatic heterocycles. The zero-order chi connectivity index (χ0) is 20.2. The maximum atomic E-state index is 12.6. The van der Waals surface area contributed by atoms with Gasteiger partial charge in [-0.2, -0.15) is 0 Å². The van der Waals surface area contributed by atoms with Crippen molar-refractivity contribution in [2.45, 2.75) is 136 Å². The third kappa shape index (κ3) is 8.46. The topological polar surface area (TPSA) is 26.3 Å². The largest absolute Gasteiger partial charge is 0.462 e. The first-order valence-corrected chi connectivity index (χ1v) is 12.9. The lowest BCUT2D eigenvalue weighted by Gasteiger charge is -2.31. The lowest BCUT2D eigenvalue weighted by atomic mass is 9.79. The van der Waals surface area contributed by atoms with E-state index in [-0.39, 0.29) is 18.0 Å². The van der Waals surface area contributed by atoms with Gasteiger partial charge in [-0.3, -0.25) is 4.79 Å². The van der Waals surface area contributed by atoms with Gasteiger partial charge in [-0.1, -0.05) is 78.6 Å². The van der Waals surface area contributed by atoms with E-state index in [1.165, 1.54) is 83.5 Å². The minimum atomic E-state index is 0.126. The first-order valence-electron chi connectivity index (χ1n) is 12.9. The number of carbonyl (C=O) groups excluding carboxylic acids is 1. The van der Waals surface area contributed by atoms with Gasteiger partial charge < -0.3 is 4.74 Å². The smallest absolute Gasteiger partial charge is 0.309 e. The van der Waals surface area contributed by atoms with Crippen molar-refractivity contribution in [2.75, 3.05) is 0 Å². The van der Waals surface area contributed by atoms with Gasteiger partial charge in [-0.15, -0.1) is 0 Å². The van der Waals surface area contributed by atoms with Crippen LogP contribution < -0.4 is 0 Å². The van der Waals surface area contributed by atoms with E-state index < -0.39 is 0 Å². The quantitative estimate of drug-likeness (QED) is 0.314. The van der Waals surface area contributed by atoms with Gasteiger partial charge >= 0.3 is 5.97 Å². The number of hydrogen-bond acceptors (Lipinski definition) is 2. The fourth-order valence-corrected chi connectivity index (χ4v) is 5.63. The fourth-order valence-electron chi connectivity index (χ4n) is 5.63. The van der Waals surface area contributed by atoms with E-state index >= 15 is 0 Å². The Labute approximate surface area is 175 Å². The second-order valence-corrected chi connectivity index (χ2v) is 9.93. The average molecular weight is 393 g/mol. The number of ether oxygens (including phenoxy) is 1. The number of rotatable bonds is 12. The molecular formula is C26H48O2. The van der Waals surface area contributed by atoms with Crippen LogP contribution in [-0.2, 0) is 9.53 Å². The Balaban J connectivity index is 1.59. The molecule has 0 aromatic carbocycles. The third-order valence-electron chi connectivity index (χ3n) is 7.72. The second kappa shape index (κ2) is 13.6. The highest BCUT2D eigenvalue weighted by Crippen LogP contribution is 2.35. The van der Waals surface area contributed by atoms with Crippen LogP contribution in [0, 0.1) is 23.7 Å². The summed E-state index contributed by atoms with van der Waals surface area (Å²) in [5.74, 6) is 3.00. The Kier molecular flexibility index (Phi) is 11.6. The summed E-state index contributed by atoms with van der Waals surface area (Å²) in [5.41, 5.74) is 0. The first-order chi connectivity index (χ1) is 13.7. The molecule has 1 atom stereocenters. The van der Waals surface area contributed by atoms with Crippen molar-refractivity contribution in [3.8, 4) is 0 Å². The van der Waals surface area contributed by atoms with Crippen LogP contribution in [0.3, 0.4) is 0 Å². The van der Waals surface area contributed by atoms with Gasteiger partial charge in [-0.05, 0) is 69.1 Å². The van der Waals surface area contributed by atoms with Gasteiger partial charge in [0, 0.05) is 0 Å². The molecule has 0 heterocycles. The summed E-state index contributed by atoms with van der Waals surface area (Å²) >= 11 is 0. The predicted octanol–water partition coefficient (Wildman–Crippen LogP) is 8.08. The Morgan fingerprint density at radius 1 is 0.786 bits per heavy atom. The molecule has 0 bridgehead atoms. The number of carbonyl (C=O) groups is 1. The van der Waals surface area contributed by atoms with Gasteiger partial charge in [0.05, 0.1) is 5.92 Å². The zero-order valence-electron chi connectivity index (χ0n) is 19.2. The van der Waals surface area contributed by atoms with E-state index in [1.807, 2.05) is 0 Å². The summed E-state index contributed by atoms with van der Waals surface area (Å²) in [6.07, 6.45) is 21.9. The molecule has 0 spiro atoms. The van der Waals surface area contributed by atoms with Crippen LogP contribution in [0.4, 0.5) is 0 Å². The average Bonchev–Trinajstić information content (AvgIpc) is 2.73. The Morgan fingerprint density at radius 3 is 2.04 bits per heavy atom. The normalized spacial score (nSPS) is 29.4. The molecule has 2 rings (SSSR count). The molecule has 2 aliphatic carbocycles. The van der Waals surface area contributed by atoms with Gasteiger partial charge in [0.2, 0.25) is 0 Å². The molecule has 28 heavy (non-hydrogen) atoms. The van der Waals surface area contributed by atoms with Gasteiger partial charge in [-0.25, -0.2) is 0 Å². The number of esters is 1. The molecule has 0 aromatic rings. The SMILES string of the molecule is CCCCC(CCC)CCCC1CCC(C(=O)OC2CCC(CC)CC2)CC1. The summed E-state index contributed by atoms with van der Waals surface area (Å²) in [4.78, 5) is 12.6. The summed E-state index contributed by atoms with van der Waals surface area (Å²) in [7, 11) is 0. The molecule has 2 fully saturated rings. The molecule has 0 N–H and O–H groups in total. The van der Waals surface area contributed by atoms with Crippen molar-refractivity contribution in [3.05, 3.63) is 0 Å². The molecule has 2 heteroatoms. The van der Waals surface area contributed by atoms with E-state index in [1.54, 1.807) is 0 Å². The zero-order valence-corrected chi connectivity index (χ0v) is 19.2. The highest BCUT2D eigenvalue weighted by atomic mass is 16.5. The summed E-state index contributed by atoms with van der Waals surface area (Å²) in [6.45, 7) is 6.92. The number of hydrogen-bond donors (Lipinski definition) is 0. The maximum Gasteiger partial charge on any atom is 0.309 e. The van der Waals surface area contributed by atoms with E-state index in [4.69, 9.17) is 4.74 Å². The lowest BCUT2D eigenvalue weighted by molar-refractivity contribution is -0.157. The van der Waals surface area contributed by atoms with Crippen molar-refractivity contribution < 1.29 is 9.53 Å². The molecule has 164 valence electrons. The lowest BCUT2D eigenvalue weighted by Crippen LogP contribution is -2.30. The Bertz CT molecular complexity index is 403. The highest BCUT2D eigenvalue weighted by Gasteiger charge is 2.30. The molecule has 0 aromatic heterocycles. The summed E-state index contributed by atoms with van der Waals surface area (Å²) in [5, 5.41) is 0.